The van der Waals surface area contributed by atoms with Gasteiger partial charge in [-0.2, -0.15) is 4.98 Å². The van der Waals surface area contributed by atoms with Crippen molar-refractivity contribution in [2.24, 2.45) is 0 Å². The summed E-state index contributed by atoms with van der Waals surface area (Å²) in [5.41, 5.74) is 2.22. The number of hydrogen-bond donors (Lipinski definition) is 0. The quantitative estimate of drug-likeness (QED) is 0.500. The molecule has 0 unspecified atom stereocenters. The number of fused-ring (bicyclic) bond motifs is 3. The van der Waals surface area contributed by atoms with Crippen molar-refractivity contribution in [3.05, 3.63) is 59.2 Å². The Morgan fingerprint density at radius 3 is 2.81 bits per heavy atom. The molecular formula is C21H17N3O2S. The van der Waals surface area contributed by atoms with Gasteiger partial charge >= 0.3 is 0 Å². The molecule has 1 aliphatic rings. The monoisotopic (exact) mass is 375 g/mol. The molecule has 134 valence electrons. The number of ether oxygens (including phenoxy) is 2. The zero-order valence-electron chi connectivity index (χ0n) is 14.8. The maximum atomic E-state index is 6.24. The zero-order chi connectivity index (χ0) is 18.2. The second-order valence-corrected chi connectivity index (χ2v) is 7.50. The smallest absolute Gasteiger partial charge is 0.231 e. The van der Waals surface area contributed by atoms with Crippen molar-refractivity contribution >= 4 is 21.6 Å². The highest BCUT2D eigenvalue weighted by Gasteiger charge is 2.24. The molecule has 0 fully saturated rings. The lowest BCUT2D eigenvalue weighted by Gasteiger charge is -2.10. The van der Waals surface area contributed by atoms with Crippen LogP contribution >= 0.6 is 11.3 Å². The van der Waals surface area contributed by atoms with E-state index in [4.69, 9.17) is 19.4 Å². The molecule has 4 aromatic rings. The largest absolute Gasteiger partial charge is 0.497 e. The topological polar surface area (TPSA) is 57.1 Å². The number of aryl methyl sites for hydroxylation is 2. The summed E-state index contributed by atoms with van der Waals surface area (Å²) in [6.45, 7) is 0. The molecule has 5 nitrogen and oxygen atoms in total. The third-order valence-electron chi connectivity index (χ3n) is 4.71. The molecule has 0 aliphatic heterocycles. The van der Waals surface area contributed by atoms with Gasteiger partial charge in [-0.15, -0.1) is 11.3 Å². The second kappa shape index (κ2) is 6.63. The SMILES string of the molecule is COc1cccc(Oc2nc(-c3cccnc3)nc3sc4c(c23)CCC4)c1. The van der Waals surface area contributed by atoms with Gasteiger partial charge in [0, 0.05) is 28.9 Å². The van der Waals surface area contributed by atoms with Crippen LogP contribution in [-0.4, -0.2) is 22.1 Å². The Morgan fingerprint density at radius 2 is 1.96 bits per heavy atom. The lowest BCUT2D eigenvalue weighted by atomic mass is 10.2. The summed E-state index contributed by atoms with van der Waals surface area (Å²) in [6.07, 6.45) is 6.86. The minimum atomic E-state index is 0.603. The number of nitrogens with zero attached hydrogens (tertiary/aromatic N) is 3. The summed E-state index contributed by atoms with van der Waals surface area (Å²) >= 11 is 1.75. The van der Waals surface area contributed by atoms with Gasteiger partial charge in [-0.3, -0.25) is 4.98 Å². The molecule has 6 heteroatoms. The number of methoxy groups -OCH3 is 1. The summed E-state index contributed by atoms with van der Waals surface area (Å²) < 4.78 is 11.5. The summed E-state index contributed by atoms with van der Waals surface area (Å²) in [5, 5.41) is 1.04. The third-order valence-corrected chi connectivity index (χ3v) is 5.89. The van der Waals surface area contributed by atoms with Gasteiger partial charge in [-0.05, 0) is 49.1 Å². The van der Waals surface area contributed by atoms with E-state index in [1.54, 1.807) is 30.8 Å². The standard InChI is InChI=1S/C21H17N3O2S/c1-25-14-6-2-7-15(11-14)26-20-18-16-8-3-9-17(16)27-21(18)24-19(23-20)13-5-4-10-22-12-13/h2,4-7,10-12H,3,8-9H2,1H3. The van der Waals surface area contributed by atoms with Crippen LogP contribution in [-0.2, 0) is 12.8 Å². The Bertz CT molecular complexity index is 1130. The van der Waals surface area contributed by atoms with Gasteiger partial charge in [0.25, 0.3) is 0 Å². The van der Waals surface area contributed by atoms with Crippen molar-refractivity contribution in [2.75, 3.05) is 7.11 Å². The first-order chi connectivity index (χ1) is 13.3. The Kier molecular flexibility index (Phi) is 3.98. The van der Waals surface area contributed by atoms with Crippen LogP contribution in [0.4, 0.5) is 0 Å². The molecule has 0 saturated carbocycles. The molecule has 1 aromatic carbocycles. The van der Waals surface area contributed by atoms with E-state index in [1.807, 2.05) is 36.4 Å². The molecule has 0 N–H and O–H groups in total. The van der Waals surface area contributed by atoms with E-state index in [2.05, 4.69) is 4.98 Å². The fraction of sp³-hybridized carbons (Fsp3) is 0.190. The molecule has 0 amide bonds. The molecule has 0 bridgehead atoms. The van der Waals surface area contributed by atoms with Crippen molar-refractivity contribution in [3.8, 4) is 28.8 Å². The average Bonchev–Trinajstić information content (AvgIpc) is 3.29. The van der Waals surface area contributed by atoms with Gasteiger partial charge in [-0.25, -0.2) is 4.98 Å². The van der Waals surface area contributed by atoms with Crippen LogP contribution in [0.2, 0.25) is 0 Å². The van der Waals surface area contributed by atoms with Crippen LogP contribution in [0, 0.1) is 0 Å². The number of hydrogen-bond acceptors (Lipinski definition) is 6. The van der Waals surface area contributed by atoms with Crippen molar-refractivity contribution < 1.29 is 9.47 Å². The van der Waals surface area contributed by atoms with Crippen molar-refractivity contribution in [3.63, 3.8) is 0 Å². The Labute approximate surface area is 160 Å². The summed E-state index contributed by atoms with van der Waals surface area (Å²) in [4.78, 5) is 16.1. The van der Waals surface area contributed by atoms with E-state index >= 15 is 0 Å². The molecule has 5 rings (SSSR count). The van der Waals surface area contributed by atoms with Crippen LogP contribution < -0.4 is 9.47 Å². The average molecular weight is 375 g/mol. The molecule has 27 heavy (non-hydrogen) atoms. The Morgan fingerprint density at radius 1 is 1.04 bits per heavy atom. The fourth-order valence-corrected chi connectivity index (χ4v) is 4.69. The fourth-order valence-electron chi connectivity index (χ4n) is 3.44. The molecule has 0 atom stereocenters. The van der Waals surface area contributed by atoms with E-state index in [1.165, 1.54) is 16.9 Å². The van der Waals surface area contributed by atoms with Crippen molar-refractivity contribution in [1.29, 1.82) is 0 Å². The van der Waals surface area contributed by atoms with Gasteiger partial charge < -0.3 is 9.47 Å². The Hall–Kier alpha value is -2.99. The normalized spacial score (nSPS) is 12.9. The van der Waals surface area contributed by atoms with Gasteiger partial charge in [0.05, 0.1) is 12.5 Å². The molecule has 0 spiro atoms. The molecule has 0 saturated heterocycles. The van der Waals surface area contributed by atoms with Crippen molar-refractivity contribution in [1.82, 2.24) is 15.0 Å². The molecule has 3 heterocycles. The van der Waals surface area contributed by atoms with Crippen LogP contribution in [0.15, 0.2) is 48.8 Å². The van der Waals surface area contributed by atoms with Crippen LogP contribution in [0.3, 0.4) is 0 Å². The minimum Gasteiger partial charge on any atom is -0.497 e. The van der Waals surface area contributed by atoms with Gasteiger partial charge in [0.15, 0.2) is 5.82 Å². The van der Waals surface area contributed by atoms with E-state index in [-0.39, 0.29) is 0 Å². The van der Waals surface area contributed by atoms with E-state index in [9.17, 15) is 0 Å². The van der Waals surface area contributed by atoms with Crippen molar-refractivity contribution in [2.45, 2.75) is 19.3 Å². The highest BCUT2D eigenvalue weighted by molar-refractivity contribution is 7.19. The predicted octanol–water partition coefficient (Wildman–Crippen LogP) is 5.04. The molecule has 1 aliphatic carbocycles. The summed E-state index contributed by atoms with van der Waals surface area (Å²) in [6, 6.07) is 11.4. The van der Waals surface area contributed by atoms with Gasteiger partial charge in [0.2, 0.25) is 5.88 Å². The maximum absolute atomic E-state index is 6.24. The first-order valence-electron chi connectivity index (χ1n) is 8.86. The highest BCUT2D eigenvalue weighted by Crippen LogP contribution is 2.42. The predicted molar refractivity (Wildman–Crippen MR) is 106 cm³/mol. The summed E-state index contributed by atoms with van der Waals surface area (Å²) in [7, 11) is 1.65. The number of aromatic nitrogens is 3. The second-order valence-electron chi connectivity index (χ2n) is 6.41. The first kappa shape index (κ1) is 16.2. The lowest BCUT2D eigenvalue weighted by Crippen LogP contribution is -1.96. The van der Waals surface area contributed by atoms with Crippen LogP contribution in [0.5, 0.6) is 17.4 Å². The highest BCUT2D eigenvalue weighted by atomic mass is 32.1. The van der Waals surface area contributed by atoms with Gasteiger partial charge in [-0.1, -0.05) is 6.07 Å². The summed E-state index contributed by atoms with van der Waals surface area (Å²) in [5.74, 6) is 2.69. The van der Waals surface area contributed by atoms with E-state index in [0.717, 1.165) is 34.4 Å². The number of benzene rings is 1. The first-order valence-corrected chi connectivity index (χ1v) is 9.68. The Balaban J connectivity index is 1.68. The third kappa shape index (κ3) is 2.92. The van der Waals surface area contributed by atoms with Crippen LogP contribution in [0.1, 0.15) is 16.9 Å². The lowest BCUT2D eigenvalue weighted by molar-refractivity contribution is 0.408. The van der Waals surface area contributed by atoms with E-state index in [0.29, 0.717) is 17.5 Å². The number of pyridine rings is 1. The molecular weight excluding hydrogens is 358 g/mol. The number of thiophene rings is 1. The molecule has 0 radical (unpaired) electrons. The van der Waals surface area contributed by atoms with E-state index < -0.39 is 0 Å². The zero-order valence-corrected chi connectivity index (χ0v) is 15.6. The minimum absolute atomic E-state index is 0.603. The maximum Gasteiger partial charge on any atom is 0.231 e. The van der Waals surface area contributed by atoms with Gasteiger partial charge in [0.1, 0.15) is 16.3 Å². The number of rotatable bonds is 4. The van der Waals surface area contributed by atoms with Crippen LogP contribution in [0.25, 0.3) is 21.6 Å². The molecule has 3 aromatic heterocycles.